The molecule has 0 radical (unpaired) electrons. The quantitative estimate of drug-likeness (QED) is 0.834. The summed E-state index contributed by atoms with van der Waals surface area (Å²) >= 11 is 1.32. The predicted molar refractivity (Wildman–Crippen MR) is 88.7 cm³/mol. The summed E-state index contributed by atoms with van der Waals surface area (Å²) in [5.41, 5.74) is 1.45. The summed E-state index contributed by atoms with van der Waals surface area (Å²) < 4.78 is 18.3. The van der Waals surface area contributed by atoms with Crippen LogP contribution >= 0.6 is 11.3 Å². The monoisotopic (exact) mass is 335 g/mol. The molecule has 0 saturated carbocycles. The number of amides is 1. The lowest BCUT2D eigenvalue weighted by Gasteiger charge is -2.08. The van der Waals surface area contributed by atoms with E-state index in [-0.39, 0.29) is 12.2 Å². The number of esters is 1. The highest BCUT2D eigenvalue weighted by Crippen LogP contribution is 2.34. The van der Waals surface area contributed by atoms with Crippen molar-refractivity contribution in [1.29, 1.82) is 0 Å². The number of carbonyl (C=O) groups is 2. The number of carbonyl (C=O) groups excluding carboxylic acids is 2. The fraction of sp³-hybridized carbons (Fsp3) is 0.294. The summed E-state index contributed by atoms with van der Waals surface area (Å²) in [4.78, 5) is 25.4. The van der Waals surface area contributed by atoms with Crippen molar-refractivity contribution in [2.24, 2.45) is 0 Å². The van der Waals surface area contributed by atoms with E-state index in [4.69, 9.17) is 4.74 Å². The normalized spacial score (nSPS) is 10.4. The van der Waals surface area contributed by atoms with Gasteiger partial charge in [0, 0.05) is 10.4 Å². The molecule has 0 unspecified atom stereocenters. The molecule has 2 aromatic rings. The van der Waals surface area contributed by atoms with Gasteiger partial charge in [0.05, 0.1) is 12.2 Å². The van der Waals surface area contributed by atoms with Crippen molar-refractivity contribution >= 4 is 28.2 Å². The van der Waals surface area contributed by atoms with Gasteiger partial charge in [-0.05, 0) is 44.0 Å². The smallest absolute Gasteiger partial charge is 0.341 e. The van der Waals surface area contributed by atoms with Gasteiger partial charge in [-0.1, -0.05) is 13.0 Å². The predicted octanol–water partition coefficient (Wildman–Crippen LogP) is 4.19. The van der Waals surface area contributed by atoms with Crippen molar-refractivity contribution in [3.63, 3.8) is 0 Å². The molecule has 1 aromatic carbocycles. The second-order valence-electron chi connectivity index (χ2n) is 4.88. The molecular weight excluding hydrogens is 317 g/mol. The Balaban J connectivity index is 2.36. The van der Waals surface area contributed by atoms with Crippen molar-refractivity contribution in [3.8, 4) is 0 Å². The van der Waals surface area contributed by atoms with Crippen LogP contribution in [0, 0.1) is 12.7 Å². The summed E-state index contributed by atoms with van der Waals surface area (Å²) in [6.45, 7) is 5.82. The van der Waals surface area contributed by atoms with Gasteiger partial charge in [-0.15, -0.1) is 11.3 Å². The van der Waals surface area contributed by atoms with E-state index < -0.39 is 17.7 Å². The lowest BCUT2D eigenvalue weighted by molar-refractivity contribution is 0.0527. The van der Waals surface area contributed by atoms with E-state index >= 15 is 0 Å². The van der Waals surface area contributed by atoms with Crippen LogP contribution in [0.4, 0.5) is 9.39 Å². The zero-order valence-electron chi connectivity index (χ0n) is 13.2. The number of rotatable bonds is 5. The Morgan fingerprint density at radius 1 is 1.30 bits per heavy atom. The van der Waals surface area contributed by atoms with Crippen molar-refractivity contribution in [3.05, 3.63) is 51.7 Å². The third-order valence-corrected chi connectivity index (χ3v) is 4.42. The van der Waals surface area contributed by atoms with Crippen LogP contribution in [0.5, 0.6) is 0 Å². The molecule has 1 heterocycles. The summed E-state index contributed by atoms with van der Waals surface area (Å²) in [7, 11) is 0. The number of halogens is 1. The van der Waals surface area contributed by atoms with Crippen LogP contribution in [0.1, 0.15) is 45.0 Å². The first-order valence-corrected chi connectivity index (χ1v) is 8.15. The van der Waals surface area contributed by atoms with Crippen molar-refractivity contribution < 1.29 is 18.7 Å². The first kappa shape index (κ1) is 17.1. The minimum absolute atomic E-state index is 0.198. The number of benzene rings is 1. The van der Waals surface area contributed by atoms with Gasteiger partial charge in [0.25, 0.3) is 5.91 Å². The zero-order valence-corrected chi connectivity index (χ0v) is 14.1. The fourth-order valence-corrected chi connectivity index (χ4v) is 3.44. The minimum Gasteiger partial charge on any atom is -0.462 e. The minimum atomic E-state index is -0.486. The van der Waals surface area contributed by atoms with Crippen LogP contribution in [-0.2, 0) is 11.2 Å². The van der Waals surface area contributed by atoms with Gasteiger partial charge < -0.3 is 10.1 Å². The van der Waals surface area contributed by atoms with Gasteiger partial charge in [-0.2, -0.15) is 0 Å². The second-order valence-corrected chi connectivity index (χ2v) is 6.10. The highest BCUT2D eigenvalue weighted by atomic mass is 32.1. The molecule has 122 valence electrons. The molecule has 0 spiro atoms. The van der Waals surface area contributed by atoms with Crippen LogP contribution in [0.15, 0.2) is 24.3 Å². The molecule has 1 aromatic heterocycles. The number of ether oxygens (including phenoxy) is 1. The molecule has 1 amide bonds. The molecule has 1 N–H and O–H groups in total. The first-order valence-electron chi connectivity index (χ1n) is 7.34. The average molecular weight is 335 g/mol. The average Bonchev–Trinajstić information content (AvgIpc) is 2.82. The molecule has 4 nitrogen and oxygen atoms in total. The van der Waals surface area contributed by atoms with Gasteiger partial charge in [-0.25, -0.2) is 9.18 Å². The Kier molecular flexibility index (Phi) is 5.50. The molecule has 23 heavy (non-hydrogen) atoms. The lowest BCUT2D eigenvalue weighted by Crippen LogP contribution is -2.15. The molecule has 0 aliphatic heterocycles. The summed E-state index contributed by atoms with van der Waals surface area (Å²) in [5, 5.41) is 3.14. The van der Waals surface area contributed by atoms with Crippen molar-refractivity contribution in [2.45, 2.75) is 27.2 Å². The van der Waals surface area contributed by atoms with E-state index in [1.54, 1.807) is 6.92 Å². The van der Waals surface area contributed by atoms with Crippen LogP contribution in [0.3, 0.4) is 0 Å². The highest BCUT2D eigenvalue weighted by molar-refractivity contribution is 7.16. The first-order chi connectivity index (χ1) is 11.0. The van der Waals surface area contributed by atoms with Crippen LogP contribution in [0.2, 0.25) is 0 Å². The molecule has 0 atom stereocenters. The molecule has 0 saturated heterocycles. The fourth-order valence-electron chi connectivity index (χ4n) is 2.32. The largest absolute Gasteiger partial charge is 0.462 e. The van der Waals surface area contributed by atoms with Crippen LogP contribution in [0.25, 0.3) is 0 Å². The maximum atomic E-state index is 13.2. The van der Waals surface area contributed by atoms with E-state index in [0.29, 0.717) is 17.0 Å². The number of anilines is 1. The Morgan fingerprint density at radius 2 is 2.04 bits per heavy atom. The third kappa shape index (κ3) is 3.76. The van der Waals surface area contributed by atoms with Gasteiger partial charge in [0.15, 0.2) is 0 Å². The standard InChI is InChI=1S/C17H18FNO3S/c1-4-13-10(3)23-16(14(13)17(21)22-5-2)19-15(20)11-7-6-8-12(18)9-11/h6-9H,4-5H2,1-3H3,(H,19,20). The number of thiophene rings is 1. The van der Waals surface area contributed by atoms with Crippen molar-refractivity contribution in [2.75, 3.05) is 11.9 Å². The Labute approximate surface area is 138 Å². The molecule has 6 heteroatoms. The van der Waals surface area contributed by atoms with E-state index in [1.807, 2.05) is 13.8 Å². The third-order valence-electron chi connectivity index (χ3n) is 3.36. The van der Waals surface area contributed by atoms with E-state index in [2.05, 4.69) is 5.32 Å². The summed E-state index contributed by atoms with van der Waals surface area (Å²) in [6.07, 6.45) is 0.659. The maximum absolute atomic E-state index is 13.2. The molecule has 0 fully saturated rings. The van der Waals surface area contributed by atoms with E-state index in [1.165, 1.54) is 29.5 Å². The van der Waals surface area contributed by atoms with Gasteiger partial charge in [-0.3, -0.25) is 4.79 Å². The topological polar surface area (TPSA) is 55.4 Å². The summed E-state index contributed by atoms with van der Waals surface area (Å²) in [6, 6.07) is 5.41. The second kappa shape index (κ2) is 7.37. The number of nitrogens with one attached hydrogen (secondary N) is 1. The number of aryl methyl sites for hydroxylation is 1. The van der Waals surface area contributed by atoms with E-state index in [9.17, 15) is 14.0 Å². The van der Waals surface area contributed by atoms with Gasteiger partial charge in [0.2, 0.25) is 0 Å². The molecular formula is C17H18FNO3S. The number of hydrogen-bond acceptors (Lipinski definition) is 4. The zero-order chi connectivity index (χ0) is 17.0. The maximum Gasteiger partial charge on any atom is 0.341 e. The summed E-state index contributed by atoms with van der Waals surface area (Å²) in [5.74, 6) is -1.40. The molecule has 0 bridgehead atoms. The van der Waals surface area contributed by atoms with Crippen LogP contribution in [-0.4, -0.2) is 18.5 Å². The van der Waals surface area contributed by atoms with Gasteiger partial charge in [0.1, 0.15) is 10.8 Å². The van der Waals surface area contributed by atoms with E-state index in [0.717, 1.165) is 16.5 Å². The van der Waals surface area contributed by atoms with Gasteiger partial charge >= 0.3 is 5.97 Å². The molecule has 2 rings (SSSR count). The molecule has 0 aliphatic carbocycles. The van der Waals surface area contributed by atoms with Crippen molar-refractivity contribution in [1.82, 2.24) is 0 Å². The Hall–Kier alpha value is -2.21. The Morgan fingerprint density at radius 3 is 2.65 bits per heavy atom. The molecule has 0 aliphatic rings. The SMILES string of the molecule is CCOC(=O)c1c(NC(=O)c2cccc(F)c2)sc(C)c1CC. The number of hydrogen-bond donors (Lipinski definition) is 1. The Bertz CT molecular complexity index is 739. The highest BCUT2D eigenvalue weighted by Gasteiger charge is 2.23. The lowest BCUT2D eigenvalue weighted by atomic mass is 10.1. The van der Waals surface area contributed by atoms with Crippen LogP contribution < -0.4 is 5.32 Å².